The Labute approximate surface area is 124 Å². The maximum Gasteiger partial charge on any atom is 0.472 e. The number of hydrogen-bond acceptors (Lipinski definition) is 8. The predicted molar refractivity (Wildman–Crippen MR) is 72.5 cm³/mol. The number of hydrogen-bond donors (Lipinski definition) is 3. The van der Waals surface area contributed by atoms with E-state index >= 15 is 0 Å². The molecule has 22 heavy (non-hydrogen) atoms. The number of rotatable bonds is 1. The van der Waals surface area contributed by atoms with E-state index in [1.165, 1.54) is 6.33 Å². The number of phosphoric ester groups is 1. The average Bonchev–Trinajstić information content (AvgIpc) is 3.01. The lowest BCUT2D eigenvalue weighted by atomic mass is 10.1. The zero-order valence-electron chi connectivity index (χ0n) is 11.1. The molecule has 2 fully saturated rings. The van der Waals surface area contributed by atoms with Crippen LogP contribution in [-0.4, -0.2) is 49.5 Å². The molecule has 10 nitrogen and oxygen atoms in total. The summed E-state index contributed by atoms with van der Waals surface area (Å²) in [5.41, 5.74) is 6.26. The molecule has 0 spiro atoms. The monoisotopic (exact) mass is 328 g/mol. The van der Waals surface area contributed by atoms with E-state index in [2.05, 4.69) is 9.97 Å². The Morgan fingerprint density at radius 2 is 2.27 bits per heavy atom. The lowest BCUT2D eigenvalue weighted by Gasteiger charge is -2.27. The number of phosphoric acid groups is 1. The van der Waals surface area contributed by atoms with Gasteiger partial charge in [-0.15, -0.1) is 0 Å². The lowest BCUT2D eigenvalue weighted by molar-refractivity contribution is -0.0663. The summed E-state index contributed by atoms with van der Waals surface area (Å²) < 4.78 is 28.4. The highest BCUT2D eigenvalue weighted by Crippen LogP contribution is 2.52. The zero-order chi connectivity index (χ0) is 15.5. The van der Waals surface area contributed by atoms with Crippen LogP contribution in [0.3, 0.4) is 0 Å². The molecule has 1 unspecified atom stereocenters. The number of aliphatic hydroxyl groups is 1. The van der Waals surface area contributed by atoms with Crippen molar-refractivity contribution in [2.24, 2.45) is 0 Å². The molecule has 4 rings (SSSR count). The van der Waals surface area contributed by atoms with E-state index in [1.54, 1.807) is 16.8 Å². The van der Waals surface area contributed by atoms with Crippen LogP contribution in [0, 0.1) is 0 Å². The third-order valence-electron chi connectivity index (χ3n) is 3.78. The third-order valence-corrected chi connectivity index (χ3v) is 4.77. The summed E-state index contributed by atoms with van der Waals surface area (Å²) in [4.78, 5) is 17.4. The molecule has 5 atom stereocenters. The van der Waals surface area contributed by atoms with Crippen molar-refractivity contribution in [1.82, 2.24) is 14.5 Å². The van der Waals surface area contributed by atoms with E-state index < -0.39 is 32.4 Å². The van der Waals surface area contributed by atoms with Crippen LogP contribution in [0.2, 0.25) is 0 Å². The number of anilines is 1. The fourth-order valence-corrected chi connectivity index (χ4v) is 3.73. The Bertz CT molecular complexity index is 781. The summed E-state index contributed by atoms with van der Waals surface area (Å²) >= 11 is 0. The molecule has 0 aliphatic carbocycles. The van der Waals surface area contributed by atoms with E-state index in [9.17, 15) is 14.6 Å². The first-order valence-electron chi connectivity index (χ1n) is 6.52. The van der Waals surface area contributed by atoms with Crippen LogP contribution in [0.1, 0.15) is 6.23 Å². The Morgan fingerprint density at radius 1 is 1.45 bits per heavy atom. The van der Waals surface area contributed by atoms with Crippen molar-refractivity contribution in [3.63, 3.8) is 0 Å². The fourth-order valence-electron chi connectivity index (χ4n) is 2.76. The highest BCUT2D eigenvalue weighted by Gasteiger charge is 2.52. The van der Waals surface area contributed by atoms with Crippen molar-refractivity contribution in [2.45, 2.75) is 24.5 Å². The fraction of sp³-hybridized carbons (Fsp3) is 0.455. The van der Waals surface area contributed by atoms with Crippen LogP contribution < -0.4 is 5.73 Å². The van der Waals surface area contributed by atoms with E-state index in [0.717, 1.165) is 0 Å². The van der Waals surface area contributed by atoms with Crippen molar-refractivity contribution in [2.75, 3.05) is 12.3 Å². The second kappa shape index (κ2) is 4.72. The molecule has 2 saturated heterocycles. The first kappa shape index (κ1) is 14.1. The maximum absolute atomic E-state index is 11.5. The van der Waals surface area contributed by atoms with Crippen molar-refractivity contribution in [3.05, 3.63) is 18.6 Å². The smallest absolute Gasteiger partial charge is 0.386 e. The number of aromatic nitrogens is 3. The van der Waals surface area contributed by atoms with Gasteiger partial charge in [0, 0.05) is 6.20 Å². The number of nitrogens with two attached hydrogens (primary N) is 1. The summed E-state index contributed by atoms with van der Waals surface area (Å²) in [6.45, 7) is -0.137. The second-order valence-electron chi connectivity index (χ2n) is 5.11. The maximum atomic E-state index is 11.5. The summed E-state index contributed by atoms with van der Waals surface area (Å²) in [7, 11) is -4.15. The summed E-state index contributed by atoms with van der Waals surface area (Å²) in [6, 6.07) is 1.71. The molecule has 0 amide bonds. The summed E-state index contributed by atoms with van der Waals surface area (Å²) in [5, 5.41) is 11.0. The molecule has 2 aromatic heterocycles. The largest absolute Gasteiger partial charge is 0.472 e. The third kappa shape index (κ3) is 2.04. The van der Waals surface area contributed by atoms with Crippen LogP contribution in [-0.2, 0) is 18.3 Å². The number of nitrogens with zero attached hydrogens (tertiary/aromatic N) is 3. The molecule has 11 heteroatoms. The minimum Gasteiger partial charge on any atom is -0.386 e. The van der Waals surface area contributed by atoms with Gasteiger partial charge in [0.2, 0.25) is 0 Å². The normalized spacial score (nSPS) is 38.3. The minimum absolute atomic E-state index is 0.137. The van der Waals surface area contributed by atoms with E-state index in [1.807, 2.05) is 0 Å². The molecular weight excluding hydrogens is 315 g/mol. The zero-order valence-corrected chi connectivity index (χ0v) is 12.0. The molecular formula is C11H13N4O6P. The average molecular weight is 328 g/mol. The molecule has 2 aliphatic rings. The van der Waals surface area contributed by atoms with Gasteiger partial charge >= 0.3 is 7.82 Å². The van der Waals surface area contributed by atoms with Gasteiger partial charge < -0.3 is 25.0 Å². The first-order valence-corrected chi connectivity index (χ1v) is 8.02. The van der Waals surface area contributed by atoms with Crippen molar-refractivity contribution >= 4 is 24.7 Å². The second-order valence-corrected chi connectivity index (χ2v) is 6.52. The molecule has 0 bridgehead atoms. The van der Waals surface area contributed by atoms with E-state index in [4.69, 9.17) is 19.5 Å². The molecule has 2 aromatic rings. The van der Waals surface area contributed by atoms with Crippen LogP contribution in [0.15, 0.2) is 18.6 Å². The number of nitrogen functional groups attached to an aromatic ring is 1. The van der Waals surface area contributed by atoms with Gasteiger partial charge in [0.05, 0.1) is 12.0 Å². The Kier molecular flexibility index (Phi) is 3.02. The number of fused-ring (bicyclic) bond motifs is 2. The van der Waals surface area contributed by atoms with Gasteiger partial charge in [-0.25, -0.2) is 14.5 Å². The van der Waals surface area contributed by atoms with Crippen molar-refractivity contribution in [1.29, 1.82) is 0 Å². The van der Waals surface area contributed by atoms with Gasteiger partial charge in [-0.05, 0) is 6.07 Å². The lowest BCUT2D eigenvalue weighted by Crippen LogP contribution is -2.39. The quantitative estimate of drug-likeness (QED) is 0.606. The van der Waals surface area contributed by atoms with Gasteiger partial charge in [0.15, 0.2) is 6.23 Å². The summed E-state index contributed by atoms with van der Waals surface area (Å²) in [5.74, 6) is 0.313. The number of aliphatic hydroxyl groups excluding tert-OH is 1. The molecule has 0 aromatic carbocycles. The highest BCUT2D eigenvalue weighted by molar-refractivity contribution is 7.47. The van der Waals surface area contributed by atoms with E-state index in [0.29, 0.717) is 16.9 Å². The molecule has 0 radical (unpaired) electrons. The van der Waals surface area contributed by atoms with Crippen molar-refractivity contribution < 1.29 is 28.3 Å². The van der Waals surface area contributed by atoms with Gasteiger partial charge in [-0.3, -0.25) is 9.05 Å². The van der Waals surface area contributed by atoms with E-state index in [-0.39, 0.29) is 6.61 Å². The Morgan fingerprint density at radius 3 is 3.09 bits per heavy atom. The van der Waals surface area contributed by atoms with Gasteiger partial charge in [0.25, 0.3) is 0 Å². The molecule has 4 N–H and O–H groups in total. The standard InChI is InChI=1S/C11H13N4O6P/c12-9-5-1-2-15(10(5)14-4-13-9)11-7(16)8-6(20-11)3-19-22(17,18)21-8/h1-2,4,6-8,11,16H,3H2,(H,17,18)(H2,12,13,14)/t6-,7-,8-,11-/m1/s1. The molecule has 2 aliphatic heterocycles. The SMILES string of the molecule is Nc1ncnc2c1ccn2[C@@H]1O[C@@H]2COP(=O)(O)O[C@H]2[C@H]1O. The van der Waals surface area contributed by atoms with Gasteiger partial charge in [-0.2, -0.15) is 0 Å². The highest BCUT2D eigenvalue weighted by atomic mass is 31.2. The molecule has 118 valence electrons. The molecule has 0 saturated carbocycles. The summed E-state index contributed by atoms with van der Waals surface area (Å²) in [6.07, 6.45) is -0.619. The Hall–Kier alpha value is -1.55. The van der Waals surface area contributed by atoms with Crippen LogP contribution >= 0.6 is 7.82 Å². The van der Waals surface area contributed by atoms with Crippen LogP contribution in [0.25, 0.3) is 11.0 Å². The Balaban J connectivity index is 1.71. The molecule has 4 heterocycles. The van der Waals surface area contributed by atoms with Crippen molar-refractivity contribution in [3.8, 4) is 0 Å². The van der Waals surface area contributed by atoms with Crippen LogP contribution in [0.5, 0.6) is 0 Å². The predicted octanol–water partition coefficient (Wildman–Crippen LogP) is -0.212. The first-order chi connectivity index (χ1) is 10.5. The van der Waals surface area contributed by atoms with Gasteiger partial charge in [0.1, 0.15) is 36.1 Å². The topological polar surface area (TPSA) is 142 Å². The number of ether oxygens (including phenoxy) is 1. The minimum atomic E-state index is -4.15. The van der Waals surface area contributed by atoms with Crippen LogP contribution in [0.4, 0.5) is 5.82 Å². The van der Waals surface area contributed by atoms with Gasteiger partial charge in [-0.1, -0.05) is 0 Å².